The number of hydrogen-bond donors (Lipinski definition) is 1. The van der Waals surface area contributed by atoms with Crippen molar-refractivity contribution in [2.75, 3.05) is 19.7 Å². The highest BCUT2D eigenvalue weighted by atomic mass is 35.5. The second-order valence-electron chi connectivity index (χ2n) is 6.63. The number of nitrogens with zero attached hydrogens (tertiary/aromatic N) is 1. The van der Waals surface area contributed by atoms with Crippen LogP contribution in [0, 0.1) is 6.92 Å². The normalized spacial score (nSPS) is 23.7. The molecule has 0 aromatic heterocycles. The lowest BCUT2D eigenvalue weighted by molar-refractivity contribution is -0.131. The highest BCUT2D eigenvalue weighted by molar-refractivity contribution is 6.31. The fourth-order valence-electron chi connectivity index (χ4n) is 3.45. The zero-order valence-corrected chi connectivity index (χ0v) is 14.4. The minimum atomic E-state index is 0.259. The van der Waals surface area contributed by atoms with Gasteiger partial charge < -0.3 is 15.0 Å². The summed E-state index contributed by atoms with van der Waals surface area (Å²) in [6.07, 6.45) is 4.86. The van der Waals surface area contributed by atoms with Gasteiger partial charge in [0.25, 0.3) is 0 Å². The number of carbonyl (C=O) groups is 1. The van der Waals surface area contributed by atoms with Gasteiger partial charge in [0.15, 0.2) is 0 Å². The summed E-state index contributed by atoms with van der Waals surface area (Å²) < 4.78 is 5.71. The average molecular weight is 337 g/mol. The number of likely N-dealkylation sites (tertiary alicyclic amines) is 1. The molecule has 2 unspecified atom stereocenters. The van der Waals surface area contributed by atoms with E-state index in [9.17, 15) is 4.79 Å². The highest BCUT2D eigenvalue weighted by Gasteiger charge is 2.30. The zero-order valence-electron chi connectivity index (χ0n) is 13.7. The van der Waals surface area contributed by atoms with Gasteiger partial charge in [-0.2, -0.15) is 0 Å². The number of nitrogens with one attached hydrogen (secondary N) is 1. The lowest BCUT2D eigenvalue weighted by Gasteiger charge is -2.24. The first-order valence-electron chi connectivity index (χ1n) is 8.54. The van der Waals surface area contributed by atoms with E-state index in [1.54, 1.807) is 0 Å². The van der Waals surface area contributed by atoms with E-state index in [1.807, 2.05) is 30.0 Å². The van der Waals surface area contributed by atoms with Crippen molar-refractivity contribution in [2.45, 2.75) is 51.1 Å². The first kappa shape index (κ1) is 16.6. The Balaban J connectivity index is 1.39. The van der Waals surface area contributed by atoms with Gasteiger partial charge in [-0.15, -0.1) is 0 Å². The molecule has 0 aliphatic carbocycles. The molecule has 1 aromatic rings. The standard InChI is InChI=1S/C18H25ClN2O2/c1-13-11-16(6-7-17(13)19)23-10-2-3-18(22)21-9-8-14-4-5-15(12-21)20-14/h6-7,11,14-15,20H,2-5,8-10,12H2,1H3. The van der Waals surface area contributed by atoms with Gasteiger partial charge in [0, 0.05) is 36.6 Å². The van der Waals surface area contributed by atoms with Crippen molar-refractivity contribution in [2.24, 2.45) is 0 Å². The molecule has 2 heterocycles. The molecule has 1 amide bonds. The van der Waals surface area contributed by atoms with Gasteiger partial charge in [0.2, 0.25) is 5.91 Å². The number of rotatable bonds is 5. The highest BCUT2D eigenvalue weighted by Crippen LogP contribution is 2.22. The molecule has 23 heavy (non-hydrogen) atoms. The summed E-state index contributed by atoms with van der Waals surface area (Å²) in [6.45, 7) is 4.28. The van der Waals surface area contributed by atoms with Gasteiger partial charge in [0.1, 0.15) is 5.75 Å². The fourth-order valence-corrected chi connectivity index (χ4v) is 3.57. The van der Waals surface area contributed by atoms with Crippen LogP contribution in [0.3, 0.4) is 0 Å². The molecule has 0 spiro atoms. The number of benzene rings is 1. The predicted octanol–water partition coefficient (Wildman–Crippen LogP) is 3.16. The maximum Gasteiger partial charge on any atom is 0.222 e. The smallest absolute Gasteiger partial charge is 0.222 e. The largest absolute Gasteiger partial charge is 0.494 e. The summed E-state index contributed by atoms with van der Waals surface area (Å²) in [5.74, 6) is 1.07. The first-order valence-corrected chi connectivity index (χ1v) is 8.92. The molecule has 1 N–H and O–H groups in total. The Morgan fingerprint density at radius 3 is 3.00 bits per heavy atom. The Kier molecular flexibility index (Phi) is 5.44. The molecule has 0 saturated carbocycles. The van der Waals surface area contributed by atoms with Crippen molar-refractivity contribution in [3.05, 3.63) is 28.8 Å². The molecule has 2 fully saturated rings. The molecule has 0 radical (unpaired) electrons. The molecule has 3 rings (SSSR count). The quantitative estimate of drug-likeness (QED) is 0.840. The van der Waals surface area contributed by atoms with Crippen molar-refractivity contribution < 1.29 is 9.53 Å². The molecular formula is C18H25ClN2O2. The predicted molar refractivity (Wildman–Crippen MR) is 92.1 cm³/mol. The van der Waals surface area contributed by atoms with E-state index >= 15 is 0 Å². The summed E-state index contributed by atoms with van der Waals surface area (Å²) in [5, 5.41) is 4.35. The van der Waals surface area contributed by atoms with E-state index in [1.165, 1.54) is 12.8 Å². The Labute approximate surface area is 143 Å². The van der Waals surface area contributed by atoms with Gasteiger partial charge in [-0.25, -0.2) is 0 Å². The third kappa shape index (κ3) is 4.39. The Morgan fingerprint density at radius 1 is 1.35 bits per heavy atom. The van der Waals surface area contributed by atoms with Crippen molar-refractivity contribution in [1.29, 1.82) is 0 Å². The monoisotopic (exact) mass is 336 g/mol. The van der Waals surface area contributed by atoms with Crippen molar-refractivity contribution in [1.82, 2.24) is 10.2 Å². The summed E-state index contributed by atoms with van der Waals surface area (Å²) in [6, 6.07) is 6.76. The second-order valence-corrected chi connectivity index (χ2v) is 7.04. The van der Waals surface area contributed by atoms with Crippen LogP contribution in [-0.4, -0.2) is 42.6 Å². The molecular weight excluding hydrogens is 312 g/mol. The minimum Gasteiger partial charge on any atom is -0.494 e. The van der Waals surface area contributed by atoms with Crippen molar-refractivity contribution in [3.8, 4) is 5.75 Å². The van der Waals surface area contributed by atoms with Gasteiger partial charge in [-0.1, -0.05) is 11.6 Å². The Morgan fingerprint density at radius 2 is 2.17 bits per heavy atom. The lowest BCUT2D eigenvalue weighted by Crippen LogP contribution is -2.39. The number of carbonyl (C=O) groups excluding carboxylic acids is 1. The van der Waals surface area contributed by atoms with E-state index in [4.69, 9.17) is 16.3 Å². The Bertz CT molecular complexity index is 564. The summed E-state index contributed by atoms with van der Waals surface area (Å²) >= 11 is 6.00. The maximum atomic E-state index is 12.4. The topological polar surface area (TPSA) is 41.6 Å². The molecule has 2 aliphatic rings. The second kappa shape index (κ2) is 7.54. The van der Waals surface area contributed by atoms with Crippen LogP contribution in [0.4, 0.5) is 0 Å². The summed E-state index contributed by atoms with van der Waals surface area (Å²) in [4.78, 5) is 14.4. The third-order valence-electron chi connectivity index (χ3n) is 4.81. The number of aryl methyl sites for hydroxylation is 1. The number of ether oxygens (including phenoxy) is 1. The van der Waals surface area contributed by atoms with Crippen molar-refractivity contribution in [3.63, 3.8) is 0 Å². The Hall–Kier alpha value is -1.26. The van der Waals surface area contributed by atoms with E-state index in [0.29, 0.717) is 25.1 Å². The molecule has 1 aromatic carbocycles. The van der Waals surface area contributed by atoms with Crippen LogP contribution in [0.15, 0.2) is 18.2 Å². The fraction of sp³-hybridized carbons (Fsp3) is 0.611. The number of fused-ring (bicyclic) bond motifs is 2. The molecule has 2 aliphatic heterocycles. The lowest BCUT2D eigenvalue weighted by atomic mass is 10.1. The van der Waals surface area contributed by atoms with Gasteiger partial charge >= 0.3 is 0 Å². The number of amides is 1. The number of hydrogen-bond acceptors (Lipinski definition) is 3. The molecule has 5 heteroatoms. The van der Waals surface area contributed by atoms with E-state index in [-0.39, 0.29) is 5.91 Å². The molecule has 2 saturated heterocycles. The van der Waals surface area contributed by atoms with E-state index in [2.05, 4.69) is 5.32 Å². The molecule has 126 valence electrons. The van der Waals surface area contributed by atoms with Crippen LogP contribution in [-0.2, 0) is 4.79 Å². The summed E-state index contributed by atoms with van der Waals surface area (Å²) in [7, 11) is 0. The van der Waals surface area contributed by atoms with Crippen molar-refractivity contribution >= 4 is 17.5 Å². The average Bonchev–Trinajstić information content (AvgIpc) is 2.86. The minimum absolute atomic E-state index is 0.259. The molecule has 4 nitrogen and oxygen atoms in total. The van der Waals surface area contributed by atoms with Gasteiger partial charge in [-0.05, 0) is 56.4 Å². The van der Waals surface area contributed by atoms with Crippen LogP contribution in [0.1, 0.15) is 37.7 Å². The van der Waals surface area contributed by atoms with E-state index in [0.717, 1.165) is 42.3 Å². The maximum absolute atomic E-state index is 12.4. The van der Waals surface area contributed by atoms with Crippen LogP contribution in [0.5, 0.6) is 5.75 Å². The summed E-state index contributed by atoms with van der Waals surface area (Å²) in [5.41, 5.74) is 1.01. The van der Waals surface area contributed by atoms with Crippen LogP contribution >= 0.6 is 11.6 Å². The molecule has 2 bridgehead atoms. The van der Waals surface area contributed by atoms with Crippen LogP contribution in [0.2, 0.25) is 5.02 Å². The van der Waals surface area contributed by atoms with Crippen LogP contribution < -0.4 is 10.1 Å². The third-order valence-corrected chi connectivity index (χ3v) is 5.23. The van der Waals surface area contributed by atoms with Gasteiger partial charge in [-0.3, -0.25) is 4.79 Å². The SMILES string of the molecule is Cc1cc(OCCCC(=O)N2CCC3CCC(C2)N3)ccc1Cl. The van der Waals surface area contributed by atoms with Gasteiger partial charge in [0.05, 0.1) is 6.61 Å². The van der Waals surface area contributed by atoms with E-state index < -0.39 is 0 Å². The van der Waals surface area contributed by atoms with Crippen LogP contribution in [0.25, 0.3) is 0 Å². The number of halogens is 1. The first-order chi connectivity index (χ1) is 11.1. The molecule has 2 atom stereocenters. The zero-order chi connectivity index (χ0) is 16.2.